The zero-order valence-electron chi connectivity index (χ0n) is 12.8. The second kappa shape index (κ2) is 7.19. The molecular weight excluding hydrogens is 346 g/mol. The van der Waals surface area contributed by atoms with Crippen molar-refractivity contribution in [1.29, 1.82) is 0 Å². The van der Waals surface area contributed by atoms with Gasteiger partial charge in [0, 0.05) is 5.56 Å². The van der Waals surface area contributed by atoms with E-state index >= 15 is 0 Å². The molecule has 0 saturated carbocycles. The van der Waals surface area contributed by atoms with Gasteiger partial charge in [-0.25, -0.2) is 14.6 Å². The van der Waals surface area contributed by atoms with E-state index in [-0.39, 0.29) is 11.6 Å². The van der Waals surface area contributed by atoms with Gasteiger partial charge in [0.05, 0.1) is 10.6 Å². The molecule has 0 bridgehead atoms. The monoisotopic (exact) mass is 357 g/mol. The van der Waals surface area contributed by atoms with E-state index in [1.807, 2.05) is 0 Å². The number of carbonyl (C=O) groups excluding carboxylic acids is 1. The Kier molecular flexibility index (Phi) is 4.81. The molecule has 1 heterocycles. The van der Waals surface area contributed by atoms with Crippen LogP contribution in [0.3, 0.4) is 0 Å². The fourth-order valence-corrected chi connectivity index (χ4v) is 2.39. The van der Waals surface area contributed by atoms with Crippen LogP contribution in [0, 0.1) is 0 Å². The molecule has 2 aromatic rings. The highest BCUT2D eigenvalue weighted by molar-refractivity contribution is 6.34. The van der Waals surface area contributed by atoms with E-state index < -0.39 is 18.5 Å². The highest BCUT2D eigenvalue weighted by Crippen LogP contribution is 2.26. The Morgan fingerprint density at radius 3 is 2.68 bits per heavy atom. The van der Waals surface area contributed by atoms with Gasteiger partial charge in [0.2, 0.25) is 5.90 Å². The molecular formula is C18H12ClNO5. The largest absolute Gasteiger partial charge is 0.481 e. The van der Waals surface area contributed by atoms with Crippen molar-refractivity contribution >= 4 is 35.5 Å². The van der Waals surface area contributed by atoms with Crippen LogP contribution in [0.1, 0.15) is 11.1 Å². The summed E-state index contributed by atoms with van der Waals surface area (Å²) in [5.41, 5.74) is 1.09. The Morgan fingerprint density at radius 2 is 1.92 bits per heavy atom. The molecule has 6 nitrogen and oxygen atoms in total. The minimum Gasteiger partial charge on any atom is -0.481 e. The van der Waals surface area contributed by atoms with Crippen molar-refractivity contribution in [1.82, 2.24) is 0 Å². The summed E-state index contributed by atoms with van der Waals surface area (Å²) in [5.74, 6) is -1.28. The molecule has 7 heteroatoms. The molecule has 1 N–H and O–H groups in total. The number of ether oxygens (including phenoxy) is 2. The normalized spacial score (nSPS) is 15.0. The lowest BCUT2D eigenvalue weighted by atomic mass is 10.1. The number of halogens is 1. The third kappa shape index (κ3) is 3.87. The van der Waals surface area contributed by atoms with E-state index in [1.54, 1.807) is 48.5 Å². The van der Waals surface area contributed by atoms with Crippen LogP contribution in [-0.2, 0) is 14.3 Å². The number of benzene rings is 2. The van der Waals surface area contributed by atoms with Gasteiger partial charge in [-0.3, -0.25) is 0 Å². The summed E-state index contributed by atoms with van der Waals surface area (Å²) in [6.45, 7) is -0.487. The van der Waals surface area contributed by atoms with Gasteiger partial charge in [-0.1, -0.05) is 41.9 Å². The molecule has 0 aromatic heterocycles. The summed E-state index contributed by atoms with van der Waals surface area (Å²) in [6, 6.07) is 13.6. The smallest absolute Gasteiger partial charge is 0.363 e. The first kappa shape index (κ1) is 16.7. The van der Waals surface area contributed by atoms with E-state index in [0.29, 0.717) is 21.9 Å². The lowest BCUT2D eigenvalue weighted by Gasteiger charge is -2.06. The Bertz CT molecular complexity index is 904. The van der Waals surface area contributed by atoms with Gasteiger partial charge in [0.1, 0.15) is 5.75 Å². The van der Waals surface area contributed by atoms with Crippen LogP contribution in [0.5, 0.6) is 5.75 Å². The van der Waals surface area contributed by atoms with Gasteiger partial charge < -0.3 is 14.6 Å². The minimum atomic E-state index is -1.10. The van der Waals surface area contributed by atoms with Crippen LogP contribution in [-0.4, -0.2) is 29.5 Å². The molecule has 0 radical (unpaired) electrons. The van der Waals surface area contributed by atoms with Gasteiger partial charge in [0.25, 0.3) is 0 Å². The van der Waals surface area contributed by atoms with Crippen molar-refractivity contribution in [2.75, 3.05) is 6.61 Å². The van der Waals surface area contributed by atoms with E-state index in [2.05, 4.69) is 4.99 Å². The predicted molar refractivity (Wildman–Crippen MR) is 91.6 cm³/mol. The van der Waals surface area contributed by atoms with Crippen molar-refractivity contribution in [2.24, 2.45) is 4.99 Å². The maximum atomic E-state index is 12.1. The molecule has 0 unspecified atom stereocenters. The summed E-state index contributed by atoms with van der Waals surface area (Å²) >= 11 is 6.09. The lowest BCUT2D eigenvalue weighted by Crippen LogP contribution is -2.10. The number of carboxylic acids is 1. The number of aliphatic imine (C=N–C) groups is 1. The molecule has 0 aliphatic carbocycles. The fourth-order valence-electron chi connectivity index (χ4n) is 2.18. The lowest BCUT2D eigenvalue weighted by molar-refractivity contribution is -0.139. The van der Waals surface area contributed by atoms with Gasteiger partial charge in [-0.15, -0.1) is 0 Å². The Hall–Kier alpha value is -3.12. The molecule has 1 aliphatic heterocycles. The van der Waals surface area contributed by atoms with E-state index in [9.17, 15) is 9.59 Å². The third-order valence-electron chi connectivity index (χ3n) is 3.29. The van der Waals surface area contributed by atoms with E-state index in [1.165, 1.54) is 6.08 Å². The standard InChI is InChI=1S/C18H12ClNO5/c19-13-7-3-2-6-12(13)17-20-14(18(23)25-17)9-11-5-1-4-8-15(11)24-10-16(21)22/h1-9H,10H2,(H,21,22)/b14-9-. The van der Waals surface area contributed by atoms with E-state index in [4.69, 9.17) is 26.2 Å². The van der Waals surface area contributed by atoms with Gasteiger partial charge in [-0.2, -0.15) is 0 Å². The molecule has 0 saturated heterocycles. The van der Waals surface area contributed by atoms with Crippen molar-refractivity contribution in [3.05, 3.63) is 70.4 Å². The van der Waals surface area contributed by atoms with Crippen molar-refractivity contribution < 1.29 is 24.2 Å². The predicted octanol–water partition coefficient (Wildman–Crippen LogP) is 3.15. The topological polar surface area (TPSA) is 85.2 Å². The summed E-state index contributed by atoms with van der Waals surface area (Å²) < 4.78 is 10.4. The molecule has 3 rings (SSSR count). The first-order valence-electron chi connectivity index (χ1n) is 7.25. The third-order valence-corrected chi connectivity index (χ3v) is 3.62. The molecule has 1 aliphatic rings. The second-order valence-corrected chi connectivity index (χ2v) is 5.44. The number of carboxylic acid groups (broad SMARTS) is 1. The number of rotatable bonds is 5. The van der Waals surface area contributed by atoms with Crippen LogP contribution in [0.2, 0.25) is 5.02 Å². The van der Waals surface area contributed by atoms with Crippen LogP contribution in [0.25, 0.3) is 6.08 Å². The highest BCUT2D eigenvalue weighted by atomic mass is 35.5. The Labute approximate surface area is 148 Å². The number of aliphatic carboxylic acids is 1. The van der Waals surface area contributed by atoms with Crippen LogP contribution < -0.4 is 4.74 Å². The first-order chi connectivity index (χ1) is 12.0. The van der Waals surface area contributed by atoms with Crippen LogP contribution in [0.4, 0.5) is 0 Å². The zero-order chi connectivity index (χ0) is 17.8. The summed E-state index contributed by atoms with van der Waals surface area (Å²) in [7, 11) is 0. The number of hydrogen-bond acceptors (Lipinski definition) is 5. The van der Waals surface area contributed by atoms with Gasteiger partial charge in [-0.05, 0) is 24.3 Å². The zero-order valence-corrected chi connectivity index (χ0v) is 13.6. The van der Waals surface area contributed by atoms with Gasteiger partial charge in [0.15, 0.2) is 12.3 Å². The minimum absolute atomic E-state index is 0.0706. The number of carbonyl (C=O) groups is 2. The average molecular weight is 358 g/mol. The number of esters is 1. The first-order valence-corrected chi connectivity index (χ1v) is 7.63. The number of nitrogens with zero attached hydrogens (tertiary/aromatic N) is 1. The number of cyclic esters (lactones) is 1. The molecule has 0 atom stereocenters. The summed E-state index contributed by atoms with van der Waals surface area (Å²) in [5, 5.41) is 9.15. The van der Waals surface area contributed by atoms with Crippen molar-refractivity contribution in [3.8, 4) is 5.75 Å². The van der Waals surface area contributed by atoms with Gasteiger partial charge >= 0.3 is 11.9 Å². The molecule has 2 aromatic carbocycles. The number of para-hydroxylation sites is 1. The Balaban J connectivity index is 1.93. The summed E-state index contributed by atoms with van der Waals surface area (Å²) in [4.78, 5) is 26.9. The van der Waals surface area contributed by atoms with Crippen molar-refractivity contribution in [3.63, 3.8) is 0 Å². The quantitative estimate of drug-likeness (QED) is 0.656. The van der Waals surface area contributed by atoms with Crippen LogP contribution >= 0.6 is 11.6 Å². The van der Waals surface area contributed by atoms with E-state index in [0.717, 1.165) is 0 Å². The number of hydrogen-bond donors (Lipinski definition) is 1. The molecule has 25 heavy (non-hydrogen) atoms. The molecule has 0 spiro atoms. The van der Waals surface area contributed by atoms with Crippen LogP contribution in [0.15, 0.2) is 59.2 Å². The summed E-state index contributed by atoms with van der Waals surface area (Å²) in [6.07, 6.45) is 1.48. The second-order valence-electron chi connectivity index (χ2n) is 5.04. The fraction of sp³-hybridized carbons (Fsp3) is 0.0556. The molecule has 126 valence electrons. The van der Waals surface area contributed by atoms with Crippen molar-refractivity contribution in [2.45, 2.75) is 0 Å². The SMILES string of the molecule is O=C(O)COc1ccccc1/C=C1\N=C(c2ccccc2Cl)OC1=O. The Morgan fingerprint density at radius 1 is 1.20 bits per heavy atom. The maximum Gasteiger partial charge on any atom is 0.363 e. The molecule has 0 amide bonds. The molecule has 0 fully saturated rings. The highest BCUT2D eigenvalue weighted by Gasteiger charge is 2.25. The average Bonchev–Trinajstić information content (AvgIpc) is 2.95. The maximum absolute atomic E-state index is 12.1.